The van der Waals surface area contributed by atoms with Crippen molar-refractivity contribution in [1.82, 2.24) is 16.0 Å². The molecule has 3 atom stereocenters. The Labute approximate surface area is 158 Å². The highest BCUT2D eigenvalue weighted by molar-refractivity contribution is 8.00. The van der Waals surface area contributed by atoms with Gasteiger partial charge in [0, 0.05) is 6.04 Å². The highest BCUT2D eigenvalue weighted by Crippen LogP contribution is 2.28. The van der Waals surface area contributed by atoms with E-state index >= 15 is 0 Å². The van der Waals surface area contributed by atoms with Crippen molar-refractivity contribution >= 4 is 23.6 Å². The van der Waals surface area contributed by atoms with Crippen molar-refractivity contribution in [3.05, 3.63) is 35.9 Å². The van der Waals surface area contributed by atoms with Crippen LogP contribution in [0.25, 0.3) is 0 Å². The number of thioether (sulfide) groups is 1. The SMILES string of the molecule is N#CC1C(=O)NC(SCC(=O)NC2CCCCC2)NC1c1ccccc1. The van der Waals surface area contributed by atoms with Gasteiger partial charge in [-0.15, -0.1) is 11.8 Å². The van der Waals surface area contributed by atoms with Crippen LogP contribution < -0.4 is 16.0 Å². The van der Waals surface area contributed by atoms with Gasteiger partial charge in [0.05, 0.1) is 17.9 Å². The molecule has 2 fully saturated rings. The lowest BCUT2D eigenvalue weighted by molar-refractivity contribution is -0.126. The molecule has 6 nitrogen and oxygen atoms in total. The zero-order chi connectivity index (χ0) is 18.4. The summed E-state index contributed by atoms with van der Waals surface area (Å²) in [6.07, 6.45) is 5.70. The fraction of sp³-hybridized carbons (Fsp3) is 0.526. The van der Waals surface area contributed by atoms with Crippen LogP contribution in [-0.2, 0) is 9.59 Å². The molecule has 3 rings (SSSR count). The molecular formula is C19H24N4O2S. The first-order valence-corrected chi connectivity index (χ1v) is 10.1. The molecule has 26 heavy (non-hydrogen) atoms. The zero-order valence-electron chi connectivity index (χ0n) is 14.6. The normalized spacial score (nSPS) is 26.6. The number of carbonyl (C=O) groups is 2. The number of carbonyl (C=O) groups excluding carboxylic acids is 2. The lowest BCUT2D eigenvalue weighted by atomic mass is 9.92. The fourth-order valence-electron chi connectivity index (χ4n) is 3.52. The zero-order valence-corrected chi connectivity index (χ0v) is 15.4. The molecule has 0 bridgehead atoms. The Morgan fingerprint density at radius 2 is 1.96 bits per heavy atom. The molecule has 2 amide bonds. The Morgan fingerprint density at radius 3 is 2.65 bits per heavy atom. The number of rotatable bonds is 5. The van der Waals surface area contributed by atoms with Crippen LogP contribution in [-0.4, -0.2) is 29.1 Å². The minimum atomic E-state index is -0.787. The van der Waals surface area contributed by atoms with Gasteiger partial charge in [-0.1, -0.05) is 49.6 Å². The number of hydrogen-bond acceptors (Lipinski definition) is 5. The topological polar surface area (TPSA) is 94.0 Å². The molecule has 2 aliphatic rings. The summed E-state index contributed by atoms with van der Waals surface area (Å²) >= 11 is 1.34. The number of hydrogen-bond donors (Lipinski definition) is 3. The van der Waals surface area contributed by atoms with Gasteiger partial charge in [-0.05, 0) is 18.4 Å². The van der Waals surface area contributed by atoms with E-state index in [4.69, 9.17) is 0 Å². The van der Waals surface area contributed by atoms with Gasteiger partial charge in [0.25, 0.3) is 0 Å². The van der Waals surface area contributed by atoms with Gasteiger partial charge < -0.3 is 10.6 Å². The van der Waals surface area contributed by atoms with Crippen molar-refractivity contribution < 1.29 is 9.59 Å². The first-order chi connectivity index (χ1) is 12.7. The Hall–Kier alpha value is -2.04. The standard InChI is InChI=1S/C19H24N4O2S/c20-11-15-17(13-7-3-1-4-8-13)22-19(23-18(15)25)26-12-16(24)21-14-9-5-2-6-10-14/h1,3-4,7-8,14-15,17,19,22H,2,5-6,9-10,12H2,(H,21,24)(H,23,25). The quantitative estimate of drug-likeness (QED) is 0.735. The molecule has 1 heterocycles. The lowest BCUT2D eigenvalue weighted by Gasteiger charge is -2.34. The average molecular weight is 372 g/mol. The summed E-state index contributed by atoms with van der Waals surface area (Å²) in [7, 11) is 0. The van der Waals surface area contributed by atoms with E-state index in [-0.39, 0.29) is 29.7 Å². The van der Waals surface area contributed by atoms with E-state index in [1.165, 1.54) is 31.0 Å². The van der Waals surface area contributed by atoms with Gasteiger partial charge in [0.1, 0.15) is 11.4 Å². The van der Waals surface area contributed by atoms with Crippen LogP contribution in [0.2, 0.25) is 0 Å². The van der Waals surface area contributed by atoms with E-state index in [2.05, 4.69) is 22.0 Å². The number of benzene rings is 1. The number of nitriles is 1. The van der Waals surface area contributed by atoms with E-state index in [0.717, 1.165) is 18.4 Å². The number of nitrogens with zero attached hydrogens (tertiary/aromatic N) is 1. The Kier molecular flexibility index (Phi) is 6.53. The van der Waals surface area contributed by atoms with Crippen molar-refractivity contribution in [1.29, 1.82) is 5.26 Å². The molecule has 138 valence electrons. The molecule has 7 heteroatoms. The Morgan fingerprint density at radius 1 is 1.23 bits per heavy atom. The van der Waals surface area contributed by atoms with Crippen LogP contribution in [0.15, 0.2) is 30.3 Å². The smallest absolute Gasteiger partial charge is 0.241 e. The van der Waals surface area contributed by atoms with Gasteiger partial charge in [-0.2, -0.15) is 5.26 Å². The maximum Gasteiger partial charge on any atom is 0.241 e. The predicted octanol–water partition coefficient (Wildman–Crippen LogP) is 2.05. The fourth-order valence-corrected chi connectivity index (χ4v) is 4.36. The second-order valence-electron chi connectivity index (χ2n) is 6.76. The molecule has 1 aromatic carbocycles. The maximum absolute atomic E-state index is 12.3. The molecular weight excluding hydrogens is 348 g/mol. The van der Waals surface area contributed by atoms with Gasteiger partial charge in [0.2, 0.25) is 11.8 Å². The summed E-state index contributed by atoms with van der Waals surface area (Å²) in [4.78, 5) is 24.5. The van der Waals surface area contributed by atoms with Crippen molar-refractivity contribution in [2.75, 3.05) is 5.75 Å². The molecule has 3 unspecified atom stereocenters. The minimum Gasteiger partial charge on any atom is -0.353 e. The van der Waals surface area contributed by atoms with Crippen LogP contribution >= 0.6 is 11.8 Å². The summed E-state index contributed by atoms with van der Waals surface area (Å²) in [5.74, 6) is -0.820. The third-order valence-corrected chi connectivity index (χ3v) is 5.89. The van der Waals surface area contributed by atoms with Gasteiger partial charge >= 0.3 is 0 Å². The van der Waals surface area contributed by atoms with E-state index < -0.39 is 11.4 Å². The minimum absolute atomic E-state index is 0.00313. The van der Waals surface area contributed by atoms with E-state index in [1.54, 1.807) is 0 Å². The third kappa shape index (κ3) is 4.77. The molecule has 0 aromatic heterocycles. The monoisotopic (exact) mass is 372 g/mol. The van der Waals surface area contributed by atoms with Gasteiger partial charge in [-0.25, -0.2) is 0 Å². The molecule has 3 N–H and O–H groups in total. The molecule has 1 aromatic rings. The molecule has 1 saturated carbocycles. The van der Waals surface area contributed by atoms with E-state index in [1.807, 2.05) is 30.3 Å². The summed E-state index contributed by atoms with van der Waals surface area (Å²) < 4.78 is 0. The first-order valence-electron chi connectivity index (χ1n) is 9.09. The summed E-state index contributed by atoms with van der Waals surface area (Å²) in [5, 5.41) is 18.5. The second-order valence-corrected chi connectivity index (χ2v) is 7.86. The first kappa shape index (κ1) is 18.7. The van der Waals surface area contributed by atoms with Crippen LogP contribution in [0.4, 0.5) is 0 Å². The van der Waals surface area contributed by atoms with E-state index in [0.29, 0.717) is 0 Å². The number of amides is 2. The van der Waals surface area contributed by atoms with Crippen molar-refractivity contribution in [3.8, 4) is 6.07 Å². The summed E-state index contributed by atoms with van der Waals surface area (Å²) in [5.41, 5.74) is 0.501. The van der Waals surface area contributed by atoms with Crippen LogP contribution in [0.1, 0.15) is 43.7 Å². The van der Waals surface area contributed by atoms with E-state index in [9.17, 15) is 14.9 Å². The molecule has 0 radical (unpaired) electrons. The van der Waals surface area contributed by atoms with Crippen LogP contribution in [0.3, 0.4) is 0 Å². The third-order valence-electron chi connectivity index (χ3n) is 4.87. The maximum atomic E-state index is 12.3. The van der Waals surface area contributed by atoms with Gasteiger partial charge in [-0.3, -0.25) is 14.9 Å². The van der Waals surface area contributed by atoms with Crippen LogP contribution in [0.5, 0.6) is 0 Å². The molecule has 0 spiro atoms. The predicted molar refractivity (Wildman–Crippen MR) is 101 cm³/mol. The van der Waals surface area contributed by atoms with Crippen LogP contribution in [0, 0.1) is 17.2 Å². The second kappa shape index (κ2) is 9.06. The van der Waals surface area contributed by atoms with Crippen molar-refractivity contribution in [2.45, 2.75) is 49.7 Å². The van der Waals surface area contributed by atoms with Crippen molar-refractivity contribution in [2.24, 2.45) is 5.92 Å². The Bertz CT molecular complexity index is 670. The van der Waals surface area contributed by atoms with Gasteiger partial charge in [0.15, 0.2) is 0 Å². The molecule has 1 aliphatic heterocycles. The van der Waals surface area contributed by atoms with Crippen molar-refractivity contribution in [3.63, 3.8) is 0 Å². The lowest BCUT2D eigenvalue weighted by Crippen LogP contribution is -2.56. The largest absolute Gasteiger partial charge is 0.353 e. The molecule has 1 saturated heterocycles. The summed E-state index contributed by atoms with van der Waals surface area (Å²) in [6.45, 7) is 0. The molecule has 1 aliphatic carbocycles. The highest BCUT2D eigenvalue weighted by Gasteiger charge is 2.37. The Balaban J connectivity index is 1.56. The number of nitrogens with one attached hydrogen (secondary N) is 3. The average Bonchev–Trinajstić information content (AvgIpc) is 2.67. The highest BCUT2D eigenvalue weighted by atomic mass is 32.2. The summed E-state index contributed by atoms with van der Waals surface area (Å²) in [6, 6.07) is 11.5.